The monoisotopic (exact) mass is 259 g/mol. The fraction of sp³-hybridized carbons (Fsp3) is 0.455. The number of hydrogen-bond acceptors (Lipinski definition) is 3. The Bertz CT molecular complexity index is 499. The van der Waals surface area contributed by atoms with E-state index in [0.717, 1.165) is 11.3 Å². The third-order valence-corrected chi connectivity index (χ3v) is 4.81. The van der Waals surface area contributed by atoms with Crippen molar-refractivity contribution in [3.05, 3.63) is 28.8 Å². The minimum absolute atomic E-state index is 0.00991. The van der Waals surface area contributed by atoms with Crippen molar-refractivity contribution in [2.75, 3.05) is 16.8 Å². The average Bonchev–Trinajstić information content (AvgIpc) is 2.52. The maximum atomic E-state index is 11.3. The zero-order valence-electron chi connectivity index (χ0n) is 9.03. The molecule has 0 bridgehead atoms. The molecule has 1 atom stereocenters. The zero-order valence-corrected chi connectivity index (χ0v) is 10.6. The van der Waals surface area contributed by atoms with Crippen LogP contribution in [0.2, 0.25) is 5.02 Å². The van der Waals surface area contributed by atoms with E-state index in [1.165, 1.54) is 0 Å². The summed E-state index contributed by atoms with van der Waals surface area (Å²) in [5.74, 6) is 0.478. The van der Waals surface area contributed by atoms with Crippen LogP contribution in [-0.4, -0.2) is 26.0 Å². The Kier molecular flexibility index (Phi) is 3.13. The lowest BCUT2D eigenvalue weighted by Crippen LogP contribution is -2.20. The second kappa shape index (κ2) is 4.26. The molecule has 1 unspecified atom stereocenters. The molecule has 1 aliphatic heterocycles. The lowest BCUT2D eigenvalue weighted by atomic mass is 10.2. The second-order valence-corrected chi connectivity index (χ2v) is 6.86. The van der Waals surface area contributed by atoms with E-state index in [0.29, 0.717) is 11.4 Å². The molecule has 1 aliphatic rings. The van der Waals surface area contributed by atoms with E-state index in [2.05, 4.69) is 5.32 Å². The van der Waals surface area contributed by atoms with Gasteiger partial charge in [0.1, 0.15) is 0 Å². The summed E-state index contributed by atoms with van der Waals surface area (Å²) in [4.78, 5) is 0. The Balaban J connectivity index is 2.13. The number of sulfone groups is 1. The molecule has 0 saturated carbocycles. The molecule has 0 spiro atoms. The van der Waals surface area contributed by atoms with Gasteiger partial charge in [-0.05, 0) is 31.0 Å². The summed E-state index contributed by atoms with van der Waals surface area (Å²) in [5, 5.41) is 3.83. The van der Waals surface area contributed by atoms with Crippen molar-refractivity contribution in [2.24, 2.45) is 0 Å². The summed E-state index contributed by atoms with van der Waals surface area (Å²) in [6.07, 6.45) is 0.659. The van der Waals surface area contributed by atoms with Gasteiger partial charge in [-0.25, -0.2) is 8.42 Å². The molecule has 1 fully saturated rings. The number of benzene rings is 1. The molecule has 3 nitrogen and oxygen atoms in total. The van der Waals surface area contributed by atoms with Gasteiger partial charge in [0.2, 0.25) is 0 Å². The predicted molar refractivity (Wildman–Crippen MR) is 66.9 cm³/mol. The molecule has 5 heteroatoms. The molecule has 1 heterocycles. The minimum atomic E-state index is -2.84. The first kappa shape index (κ1) is 11.7. The summed E-state index contributed by atoms with van der Waals surface area (Å²) >= 11 is 6.03. The van der Waals surface area contributed by atoms with Gasteiger partial charge in [-0.1, -0.05) is 17.7 Å². The van der Waals surface area contributed by atoms with Crippen LogP contribution in [0.1, 0.15) is 12.0 Å². The summed E-state index contributed by atoms with van der Waals surface area (Å²) in [5.41, 5.74) is 1.93. The molecular weight excluding hydrogens is 246 g/mol. The van der Waals surface area contributed by atoms with Gasteiger partial charge in [0.15, 0.2) is 9.84 Å². The average molecular weight is 260 g/mol. The van der Waals surface area contributed by atoms with Crippen molar-refractivity contribution < 1.29 is 8.42 Å². The number of halogens is 1. The van der Waals surface area contributed by atoms with E-state index in [1.807, 2.05) is 25.1 Å². The minimum Gasteiger partial charge on any atom is -0.380 e. The van der Waals surface area contributed by atoms with Gasteiger partial charge in [0.25, 0.3) is 0 Å². The largest absolute Gasteiger partial charge is 0.380 e. The van der Waals surface area contributed by atoms with Crippen molar-refractivity contribution in [3.8, 4) is 0 Å². The number of rotatable bonds is 2. The summed E-state index contributed by atoms with van der Waals surface area (Å²) in [7, 11) is -2.84. The normalized spacial score (nSPS) is 23.2. The fourth-order valence-electron chi connectivity index (χ4n) is 1.88. The molecule has 0 aromatic heterocycles. The Morgan fingerprint density at radius 2 is 2.19 bits per heavy atom. The van der Waals surface area contributed by atoms with Crippen LogP contribution >= 0.6 is 11.6 Å². The first-order chi connectivity index (χ1) is 7.46. The number of hydrogen-bond donors (Lipinski definition) is 1. The molecular formula is C11H14ClNO2S. The molecule has 1 aromatic carbocycles. The van der Waals surface area contributed by atoms with Gasteiger partial charge in [-0.2, -0.15) is 0 Å². The highest BCUT2D eigenvalue weighted by atomic mass is 35.5. The Morgan fingerprint density at radius 3 is 2.81 bits per heavy atom. The number of nitrogens with one attached hydrogen (secondary N) is 1. The van der Waals surface area contributed by atoms with Crippen molar-refractivity contribution in [1.82, 2.24) is 0 Å². The SMILES string of the molecule is Cc1ccc(Cl)c(NC2CCS(=O)(=O)C2)c1. The van der Waals surface area contributed by atoms with Crippen molar-refractivity contribution >= 4 is 27.1 Å². The Hall–Kier alpha value is -0.740. The van der Waals surface area contributed by atoms with Gasteiger partial charge < -0.3 is 5.32 Å². The van der Waals surface area contributed by atoms with Crippen LogP contribution in [0.5, 0.6) is 0 Å². The lowest BCUT2D eigenvalue weighted by Gasteiger charge is -2.14. The maximum absolute atomic E-state index is 11.3. The van der Waals surface area contributed by atoms with E-state index in [9.17, 15) is 8.42 Å². The van der Waals surface area contributed by atoms with Gasteiger partial charge in [-0.15, -0.1) is 0 Å². The summed E-state index contributed by atoms with van der Waals surface area (Å²) in [6.45, 7) is 1.98. The molecule has 88 valence electrons. The molecule has 0 radical (unpaired) electrons. The standard InChI is InChI=1S/C11H14ClNO2S/c1-8-2-3-10(12)11(6-8)13-9-4-5-16(14,15)7-9/h2-3,6,9,13H,4-5,7H2,1H3. The van der Waals surface area contributed by atoms with E-state index in [1.54, 1.807) is 0 Å². The van der Waals surface area contributed by atoms with E-state index >= 15 is 0 Å². The van der Waals surface area contributed by atoms with E-state index in [4.69, 9.17) is 11.6 Å². The van der Waals surface area contributed by atoms with Crippen molar-refractivity contribution in [1.29, 1.82) is 0 Å². The van der Waals surface area contributed by atoms with Gasteiger partial charge in [0.05, 0.1) is 22.2 Å². The predicted octanol–water partition coefficient (Wildman–Crippen LogP) is 2.25. The quantitative estimate of drug-likeness (QED) is 0.886. The van der Waals surface area contributed by atoms with Crippen LogP contribution in [0.25, 0.3) is 0 Å². The molecule has 1 saturated heterocycles. The van der Waals surface area contributed by atoms with Gasteiger partial charge >= 0.3 is 0 Å². The van der Waals surface area contributed by atoms with Gasteiger partial charge in [0, 0.05) is 6.04 Å². The van der Waals surface area contributed by atoms with Crippen molar-refractivity contribution in [3.63, 3.8) is 0 Å². The first-order valence-electron chi connectivity index (χ1n) is 5.19. The van der Waals surface area contributed by atoms with Crippen LogP contribution < -0.4 is 5.32 Å². The molecule has 16 heavy (non-hydrogen) atoms. The highest BCUT2D eigenvalue weighted by Gasteiger charge is 2.27. The zero-order chi connectivity index (χ0) is 11.8. The smallest absolute Gasteiger partial charge is 0.152 e. The number of aryl methyl sites for hydroxylation is 1. The highest BCUT2D eigenvalue weighted by Crippen LogP contribution is 2.25. The molecule has 1 N–H and O–H groups in total. The lowest BCUT2D eigenvalue weighted by molar-refractivity contribution is 0.602. The van der Waals surface area contributed by atoms with E-state index < -0.39 is 9.84 Å². The van der Waals surface area contributed by atoms with Crippen molar-refractivity contribution in [2.45, 2.75) is 19.4 Å². The number of anilines is 1. The molecule has 2 rings (SSSR count). The van der Waals surface area contributed by atoms with Crippen LogP contribution in [-0.2, 0) is 9.84 Å². The topological polar surface area (TPSA) is 46.2 Å². The fourth-order valence-corrected chi connectivity index (χ4v) is 3.72. The Labute approximate surface area is 101 Å². The summed E-state index contributed by atoms with van der Waals surface area (Å²) in [6, 6.07) is 5.68. The second-order valence-electron chi connectivity index (χ2n) is 4.23. The third-order valence-electron chi connectivity index (χ3n) is 2.71. The first-order valence-corrected chi connectivity index (χ1v) is 7.39. The Morgan fingerprint density at radius 1 is 1.44 bits per heavy atom. The molecule has 1 aromatic rings. The summed E-state index contributed by atoms with van der Waals surface area (Å²) < 4.78 is 22.6. The highest BCUT2D eigenvalue weighted by molar-refractivity contribution is 7.91. The van der Waals surface area contributed by atoms with E-state index in [-0.39, 0.29) is 17.5 Å². The maximum Gasteiger partial charge on any atom is 0.152 e. The van der Waals surface area contributed by atoms with Crippen LogP contribution in [0.15, 0.2) is 18.2 Å². The van der Waals surface area contributed by atoms with Crippen LogP contribution in [0, 0.1) is 6.92 Å². The molecule has 0 aliphatic carbocycles. The molecule has 0 amide bonds. The third kappa shape index (κ3) is 2.68. The van der Waals surface area contributed by atoms with Gasteiger partial charge in [-0.3, -0.25) is 0 Å². The van der Waals surface area contributed by atoms with Crippen LogP contribution in [0.4, 0.5) is 5.69 Å². The van der Waals surface area contributed by atoms with Crippen LogP contribution in [0.3, 0.4) is 0 Å².